The van der Waals surface area contributed by atoms with Gasteiger partial charge in [-0.25, -0.2) is 4.79 Å². The minimum Gasteiger partial charge on any atom is -0.444 e. The van der Waals surface area contributed by atoms with E-state index >= 15 is 0 Å². The first-order valence-electron chi connectivity index (χ1n) is 6.80. The van der Waals surface area contributed by atoms with Gasteiger partial charge in [0.1, 0.15) is 5.60 Å². The molecule has 0 fully saturated rings. The molecule has 0 bridgehead atoms. The predicted octanol–water partition coefficient (Wildman–Crippen LogP) is 2.43. The van der Waals surface area contributed by atoms with Crippen LogP contribution >= 0.6 is 0 Å². The van der Waals surface area contributed by atoms with Crippen LogP contribution in [-0.2, 0) is 4.74 Å². The summed E-state index contributed by atoms with van der Waals surface area (Å²) in [6.07, 6.45) is 0.0976. The molecule has 1 aromatic rings. The molecule has 1 amide bonds. The number of alkyl carbamates (subject to hydrolysis) is 1. The number of aryl methyl sites for hydroxylation is 1. The first-order chi connectivity index (χ1) is 9.69. The summed E-state index contributed by atoms with van der Waals surface area (Å²) in [6.45, 7) is 7.83. The summed E-state index contributed by atoms with van der Waals surface area (Å²) in [4.78, 5) is 11.4. The molecule has 0 atom stereocenters. The van der Waals surface area contributed by atoms with Crippen LogP contribution in [0.4, 0.5) is 16.2 Å². The third-order valence-corrected chi connectivity index (χ3v) is 2.57. The van der Waals surface area contributed by atoms with Gasteiger partial charge in [-0.1, -0.05) is 11.8 Å². The molecule has 0 heterocycles. The first-order valence-corrected chi connectivity index (χ1v) is 6.80. The Labute approximate surface area is 126 Å². The van der Waals surface area contributed by atoms with Gasteiger partial charge >= 0.3 is 6.09 Å². The second-order valence-electron chi connectivity index (χ2n) is 5.78. The molecule has 0 aromatic heterocycles. The molecule has 5 nitrogen and oxygen atoms in total. The molecule has 0 radical (unpaired) electrons. The van der Waals surface area contributed by atoms with Gasteiger partial charge in [-0.2, -0.15) is 0 Å². The Morgan fingerprint density at radius 2 is 1.90 bits per heavy atom. The van der Waals surface area contributed by atoms with E-state index in [1.807, 2.05) is 27.7 Å². The molecular formula is C16H23N3O2. The van der Waals surface area contributed by atoms with Gasteiger partial charge in [0.05, 0.1) is 11.4 Å². The van der Waals surface area contributed by atoms with Crippen LogP contribution in [0.3, 0.4) is 0 Å². The standard InChI is InChI=1S/C16H23N3O2/c1-11-9-13(17)14(18)10-12(11)7-5-6-8-19-15(20)21-16(2,3)4/h9-10H,6,8,17-18H2,1-4H3,(H,19,20). The lowest BCUT2D eigenvalue weighted by molar-refractivity contribution is 0.0529. The van der Waals surface area contributed by atoms with E-state index in [4.69, 9.17) is 16.2 Å². The van der Waals surface area contributed by atoms with Crippen LogP contribution < -0.4 is 16.8 Å². The summed E-state index contributed by atoms with van der Waals surface area (Å²) in [7, 11) is 0. The van der Waals surface area contributed by atoms with E-state index in [0.717, 1.165) is 11.1 Å². The molecule has 114 valence electrons. The molecule has 0 saturated carbocycles. The topological polar surface area (TPSA) is 90.4 Å². The fourth-order valence-corrected chi connectivity index (χ4v) is 1.58. The average molecular weight is 289 g/mol. The van der Waals surface area contributed by atoms with Gasteiger partial charge in [0.2, 0.25) is 0 Å². The van der Waals surface area contributed by atoms with Gasteiger partial charge in [-0.05, 0) is 45.4 Å². The van der Waals surface area contributed by atoms with Crippen molar-refractivity contribution in [2.24, 2.45) is 0 Å². The van der Waals surface area contributed by atoms with Crippen molar-refractivity contribution < 1.29 is 9.53 Å². The molecular weight excluding hydrogens is 266 g/mol. The SMILES string of the molecule is Cc1cc(N)c(N)cc1C#CCCNC(=O)OC(C)(C)C. The van der Waals surface area contributed by atoms with Gasteiger partial charge in [-0.3, -0.25) is 0 Å². The third-order valence-electron chi connectivity index (χ3n) is 2.57. The third kappa shape index (κ3) is 6.09. The quantitative estimate of drug-likeness (QED) is 0.443. The molecule has 0 saturated heterocycles. The van der Waals surface area contributed by atoms with E-state index in [1.165, 1.54) is 0 Å². The number of nitrogens with two attached hydrogens (primary N) is 2. The second-order valence-corrected chi connectivity index (χ2v) is 5.78. The Hall–Kier alpha value is -2.35. The Balaban J connectivity index is 2.48. The maximum absolute atomic E-state index is 11.4. The van der Waals surface area contributed by atoms with Crippen LogP contribution in [0.5, 0.6) is 0 Å². The molecule has 1 aromatic carbocycles. The normalized spacial score (nSPS) is 10.5. The number of rotatable bonds is 2. The first kappa shape index (κ1) is 16.7. The van der Waals surface area contributed by atoms with Crippen molar-refractivity contribution in [2.45, 2.75) is 39.7 Å². The zero-order chi connectivity index (χ0) is 16.0. The van der Waals surface area contributed by atoms with Crippen molar-refractivity contribution in [3.05, 3.63) is 23.3 Å². The molecule has 0 spiro atoms. The van der Waals surface area contributed by atoms with Crippen molar-refractivity contribution >= 4 is 17.5 Å². The summed E-state index contributed by atoms with van der Waals surface area (Å²) < 4.78 is 5.12. The minimum atomic E-state index is -0.492. The number of hydrogen-bond donors (Lipinski definition) is 3. The monoisotopic (exact) mass is 289 g/mol. The molecule has 0 aliphatic carbocycles. The number of amides is 1. The molecule has 21 heavy (non-hydrogen) atoms. The lowest BCUT2D eigenvalue weighted by Crippen LogP contribution is -2.32. The highest BCUT2D eigenvalue weighted by Gasteiger charge is 2.15. The zero-order valence-corrected chi connectivity index (χ0v) is 13.0. The summed E-state index contributed by atoms with van der Waals surface area (Å²) in [5, 5.41) is 2.65. The highest BCUT2D eigenvalue weighted by atomic mass is 16.6. The number of nitrogens with one attached hydrogen (secondary N) is 1. The number of anilines is 2. The molecule has 5 N–H and O–H groups in total. The summed E-state index contributed by atoms with van der Waals surface area (Å²) in [6, 6.07) is 3.57. The highest BCUT2D eigenvalue weighted by Crippen LogP contribution is 2.19. The Morgan fingerprint density at radius 3 is 2.52 bits per heavy atom. The van der Waals surface area contributed by atoms with Crippen molar-refractivity contribution in [1.82, 2.24) is 5.32 Å². The second kappa shape index (κ2) is 6.89. The highest BCUT2D eigenvalue weighted by molar-refractivity contribution is 5.68. The van der Waals surface area contributed by atoms with Crippen LogP contribution in [0.25, 0.3) is 0 Å². The van der Waals surface area contributed by atoms with Crippen LogP contribution in [0.1, 0.15) is 38.3 Å². The molecule has 0 unspecified atom stereocenters. The van der Waals surface area contributed by atoms with Gasteiger partial charge < -0.3 is 21.5 Å². The fraction of sp³-hybridized carbons (Fsp3) is 0.438. The van der Waals surface area contributed by atoms with Crippen LogP contribution in [0, 0.1) is 18.8 Å². The lowest BCUT2D eigenvalue weighted by Gasteiger charge is -2.19. The minimum absolute atomic E-state index is 0.433. The molecule has 0 aliphatic rings. The van der Waals surface area contributed by atoms with Crippen LogP contribution in [-0.4, -0.2) is 18.2 Å². The number of nitrogen functional groups attached to an aromatic ring is 2. The Kier molecular flexibility index (Phi) is 5.48. The van der Waals surface area contributed by atoms with Crippen molar-refractivity contribution in [3.63, 3.8) is 0 Å². The summed E-state index contributed by atoms with van der Waals surface area (Å²) in [5.41, 5.74) is 13.9. The van der Waals surface area contributed by atoms with E-state index < -0.39 is 11.7 Å². The number of benzene rings is 1. The smallest absolute Gasteiger partial charge is 0.407 e. The van der Waals surface area contributed by atoms with Gasteiger partial charge in [-0.15, -0.1) is 0 Å². The Morgan fingerprint density at radius 1 is 1.29 bits per heavy atom. The number of carbonyl (C=O) groups excluding carboxylic acids is 1. The molecule has 1 rings (SSSR count). The van der Waals surface area contributed by atoms with E-state index in [-0.39, 0.29) is 0 Å². The van der Waals surface area contributed by atoms with Gasteiger partial charge in [0.25, 0.3) is 0 Å². The maximum atomic E-state index is 11.4. The van der Waals surface area contributed by atoms with E-state index in [1.54, 1.807) is 12.1 Å². The van der Waals surface area contributed by atoms with Gasteiger partial charge in [0, 0.05) is 18.5 Å². The largest absolute Gasteiger partial charge is 0.444 e. The summed E-state index contributed by atoms with van der Waals surface area (Å²) >= 11 is 0. The summed E-state index contributed by atoms with van der Waals surface area (Å²) in [5.74, 6) is 6.02. The van der Waals surface area contributed by atoms with E-state index in [0.29, 0.717) is 24.3 Å². The van der Waals surface area contributed by atoms with Crippen molar-refractivity contribution in [2.75, 3.05) is 18.0 Å². The Bertz CT molecular complexity index is 578. The fourth-order valence-electron chi connectivity index (χ4n) is 1.58. The maximum Gasteiger partial charge on any atom is 0.407 e. The number of ether oxygens (including phenoxy) is 1. The van der Waals surface area contributed by atoms with E-state index in [2.05, 4.69) is 17.2 Å². The molecule has 5 heteroatoms. The van der Waals surface area contributed by atoms with Crippen molar-refractivity contribution in [3.8, 4) is 11.8 Å². The average Bonchev–Trinajstić information content (AvgIpc) is 2.32. The number of carbonyl (C=O) groups is 1. The van der Waals surface area contributed by atoms with Gasteiger partial charge in [0.15, 0.2) is 0 Å². The predicted molar refractivity (Wildman–Crippen MR) is 85.7 cm³/mol. The van der Waals surface area contributed by atoms with Crippen LogP contribution in [0.2, 0.25) is 0 Å². The molecule has 0 aliphatic heterocycles. The zero-order valence-electron chi connectivity index (χ0n) is 13.0. The van der Waals surface area contributed by atoms with Crippen molar-refractivity contribution in [1.29, 1.82) is 0 Å². The number of hydrogen-bond acceptors (Lipinski definition) is 4. The van der Waals surface area contributed by atoms with E-state index in [9.17, 15) is 4.79 Å². The lowest BCUT2D eigenvalue weighted by atomic mass is 10.1. The van der Waals surface area contributed by atoms with Crippen LogP contribution in [0.15, 0.2) is 12.1 Å².